The summed E-state index contributed by atoms with van der Waals surface area (Å²) in [5.41, 5.74) is 4.37. The maximum absolute atomic E-state index is 5.42. The van der Waals surface area contributed by atoms with Gasteiger partial charge in [-0.15, -0.1) is 0 Å². The van der Waals surface area contributed by atoms with Crippen molar-refractivity contribution in [2.45, 2.75) is 20.8 Å². The third kappa shape index (κ3) is 2.28. The Morgan fingerprint density at radius 3 is 2.41 bits per heavy atom. The van der Waals surface area contributed by atoms with Gasteiger partial charge in [0, 0.05) is 11.8 Å². The van der Waals surface area contributed by atoms with Crippen molar-refractivity contribution in [3.05, 3.63) is 41.3 Å². The molecule has 88 valence electrons. The Bertz CT molecular complexity index is 550. The van der Waals surface area contributed by atoms with E-state index in [-0.39, 0.29) is 0 Å². The molecule has 1 heterocycles. The lowest BCUT2D eigenvalue weighted by Crippen LogP contribution is -1.95. The molecular weight excluding hydrogens is 212 g/mol. The molecule has 2 aromatic rings. The quantitative estimate of drug-likeness (QED) is 0.792. The highest BCUT2D eigenvalue weighted by Crippen LogP contribution is 2.31. The van der Waals surface area contributed by atoms with Crippen molar-refractivity contribution >= 4 is 0 Å². The van der Waals surface area contributed by atoms with Crippen molar-refractivity contribution in [3.63, 3.8) is 0 Å². The van der Waals surface area contributed by atoms with Gasteiger partial charge >= 0.3 is 0 Å². The maximum Gasteiger partial charge on any atom is 0.128 e. The Hall–Kier alpha value is -1.90. The molecule has 0 aliphatic carbocycles. The Labute approximate surface area is 102 Å². The zero-order valence-corrected chi connectivity index (χ0v) is 10.6. The molecule has 2 rings (SSSR count). The molecule has 0 radical (unpaired) electrons. The van der Waals surface area contributed by atoms with E-state index in [1.807, 2.05) is 19.1 Å². The fourth-order valence-electron chi connectivity index (χ4n) is 1.76. The second-order valence-electron chi connectivity index (χ2n) is 4.13. The Balaban J connectivity index is 2.62. The largest absolute Gasteiger partial charge is 0.496 e. The number of benzene rings is 1. The number of aryl methyl sites for hydroxylation is 3. The van der Waals surface area contributed by atoms with Gasteiger partial charge in [0.25, 0.3) is 0 Å². The highest BCUT2D eigenvalue weighted by atomic mass is 16.5. The van der Waals surface area contributed by atoms with E-state index >= 15 is 0 Å². The first kappa shape index (κ1) is 11.6. The van der Waals surface area contributed by atoms with Crippen LogP contribution in [0.25, 0.3) is 11.3 Å². The molecule has 0 fully saturated rings. The standard InChI is InChI=1S/C14H16N2O/c1-9-7-12(14(17-4)8-10(9)2)13-5-6-15-11(3)16-13/h5-8H,1-4H3. The van der Waals surface area contributed by atoms with E-state index in [2.05, 4.69) is 29.9 Å². The molecule has 17 heavy (non-hydrogen) atoms. The van der Waals surface area contributed by atoms with Crippen molar-refractivity contribution in [2.75, 3.05) is 7.11 Å². The average Bonchev–Trinajstić information content (AvgIpc) is 2.32. The zero-order valence-electron chi connectivity index (χ0n) is 10.6. The number of aromatic nitrogens is 2. The molecule has 3 nitrogen and oxygen atoms in total. The van der Waals surface area contributed by atoms with E-state index in [0.29, 0.717) is 0 Å². The van der Waals surface area contributed by atoms with Gasteiger partial charge in [0.05, 0.1) is 12.8 Å². The molecule has 1 aromatic carbocycles. The van der Waals surface area contributed by atoms with Crippen molar-refractivity contribution in [3.8, 4) is 17.0 Å². The molecule has 0 bridgehead atoms. The van der Waals surface area contributed by atoms with Gasteiger partial charge < -0.3 is 4.74 Å². The molecule has 0 aliphatic heterocycles. The van der Waals surface area contributed by atoms with Gasteiger partial charge in [-0.2, -0.15) is 0 Å². The summed E-state index contributed by atoms with van der Waals surface area (Å²) in [5.74, 6) is 1.62. The van der Waals surface area contributed by atoms with Crippen molar-refractivity contribution in [1.29, 1.82) is 0 Å². The minimum atomic E-state index is 0.766. The van der Waals surface area contributed by atoms with Crippen LogP contribution in [0.4, 0.5) is 0 Å². The smallest absolute Gasteiger partial charge is 0.128 e. The number of ether oxygens (including phenoxy) is 1. The summed E-state index contributed by atoms with van der Waals surface area (Å²) < 4.78 is 5.42. The minimum Gasteiger partial charge on any atom is -0.496 e. The number of rotatable bonds is 2. The minimum absolute atomic E-state index is 0.766. The van der Waals surface area contributed by atoms with E-state index in [1.165, 1.54) is 11.1 Å². The first-order valence-electron chi connectivity index (χ1n) is 5.57. The van der Waals surface area contributed by atoms with E-state index in [9.17, 15) is 0 Å². The van der Waals surface area contributed by atoms with Crippen LogP contribution >= 0.6 is 0 Å². The molecule has 0 amide bonds. The van der Waals surface area contributed by atoms with Gasteiger partial charge in [-0.25, -0.2) is 9.97 Å². The second-order valence-corrected chi connectivity index (χ2v) is 4.13. The van der Waals surface area contributed by atoms with E-state index in [0.717, 1.165) is 22.8 Å². The topological polar surface area (TPSA) is 35.0 Å². The summed E-state index contributed by atoms with van der Waals surface area (Å²) in [6.07, 6.45) is 1.77. The SMILES string of the molecule is COc1cc(C)c(C)cc1-c1ccnc(C)n1. The lowest BCUT2D eigenvalue weighted by Gasteiger charge is -2.11. The molecule has 1 aromatic heterocycles. The predicted octanol–water partition coefficient (Wildman–Crippen LogP) is 3.08. The van der Waals surface area contributed by atoms with Gasteiger partial charge in [0.1, 0.15) is 11.6 Å². The molecule has 0 spiro atoms. The van der Waals surface area contributed by atoms with Crippen molar-refractivity contribution < 1.29 is 4.74 Å². The third-order valence-corrected chi connectivity index (χ3v) is 2.87. The van der Waals surface area contributed by atoms with E-state index in [1.54, 1.807) is 13.3 Å². The van der Waals surface area contributed by atoms with E-state index in [4.69, 9.17) is 4.74 Å². The Morgan fingerprint density at radius 1 is 1.06 bits per heavy atom. The molecular formula is C14H16N2O. The van der Waals surface area contributed by atoms with Crippen LogP contribution in [0.1, 0.15) is 17.0 Å². The molecule has 3 heteroatoms. The van der Waals surface area contributed by atoms with Crippen LogP contribution < -0.4 is 4.74 Å². The molecule has 0 aliphatic rings. The average molecular weight is 228 g/mol. The summed E-state index contributed by atoms with van der Waals surface area (Å²) in [4.78, 5) is 8.54. The Morgan fingerprint density at radius 2 is 1.76 bits per heavy atom. The molecule has 0 saturated carbocycles. The van der Waals surface area contributed by atoms with Crippen LogP contribution in [0.15, 0.2) is 24.4 Å². The van der Waals surface area contributed by atoms with Crippen LogP contribution in [0.5, 0.6) is 5.75 Å². The summed E-state index contributed by atoms with van der Waals surface area (Å²) in [6, 6.07) is 6.05. The van der Waals surface area contributed by atoms with Gasteiger partial charge in [-0.05, 0) is 50.1 Å². The molecule has 0 N–H and O–H groups in total. The lowest BCUT2D eigenvalue weighted by molar-refractivity contribution is 0.416. The molecule has 0 unspecified atom stereocenters. The highest BCUT2D eigenvalue weighted by molar-refractivity contribution is 5.68. The number of nitrogens with zero attached hydrogens (tertiary/aromatic N) is 2. The van der Waals surface area contributed by atoms with Crippen LogP contribution in [-0.4, -0.2) is 17.1 Å². The maximum atomic E-state index is 5.42. The van der Waals surface area contributed by atoms with Crippen molar-refractivity contribution in [2.24, 2.45) is 0 Å². The van der Waals surface area contributed by atoms with Crippen molar-refractivity contribution in [1.82, 2.24) is 9.97 Å². The number of methoxy groups -OCH3 is 1. The summed E-state index contributed by atoms with van der Waals surface area (Å²) >= 11 is 0. The fourth-order valence-corrected chi connectivity index (χ4v) is 1.76. The monoisotopic (exact) mass is 228 g/mol. The highest BCUT2D eigenvalue weighted by Gasteiger charge is 2.09. The number of hydrogen-bond acceptors (Lipinski definition) is 3. The number of hydrogen-bond donors (Lipinski definition) is 0. The second kappa shape index (κ2) is 4.53. The van der Waals surface area contributed by atoms with Gasteiger partial charge in [0.15, 0.2) is 0 Å². The first-order valence-corrected chi connectivity index (χ1v) is 5.57. The Kier molecular flexibility index (Phi) is 3.09. The lowest BCUT2D eigenvalue weighted by atomic mass is 10.0. The fraction of sp³-hybridized carbons (Fsp3) is 0.286. The zero-order chi connectivity index (χ0) is 12.4. The van der Waals surface area contributed by atoms with Gasteiger partial charge in [-0.1, -0.05) is 0 Å². The first-order chi connectivity index (χ1) is 8.11. The van der Waals surface area contributed by atoms with Crippen LogP contribution in [0.2, 0.25) is 0 Å². The molecule has 0 atom stereocenters. The van der Waals surface area contributed by atoms with E-state index < -0.39 is 0 Å². The normalized spacial score (nSPS) is 10.4. The molecule has 0 saturated heterocycles. The summed E-state index contributed by atoms with van der Waals surface area (Å²) in [6.45, 7) is 6.05. The van der Waals surface area contributed by atoms with Crippen LogP contribution in [-0.2, 0) is 0 Å². The summed E-state index contributed by atoms with van der Waals surface area (Å²) in [5, 5.41) is 0. The van der Waals surface area contributed by atoms with Crippen LogP contribution in [0.3, 0.4) is 0 Å². The summed E-state index contributed by atoms with van der Waals surface area (Å²) in [7, 11) is 1.68. The van der Waals surface area contributed by atoms with Gasteiger partial charge in [-0.3, -0.25) is 0 Å². The third-order valence-electron chi connectivity index (χ3n) is 2.87. The van der Waals surface area contributed by atoms with Gasteiger partial charge in [0.2, 0.25) is 0 Å². The van der Waals surface area contributed by atoms with Crippen LogP contribution in [0, 0.1) is 20.8 Å². The predicted molar refractivity (Wildman–Crippen MR) is 68.2 cm³/mol.